The molecule has 0 radical (unpaired) electrons. The summed E-state index contributed by atoms with van der Waals surface area (Å²) in [4.78, 5) is 11.9. The molecule has 0 bridgehead atoms. The highest BCUT2D eigenvalue weighted by atomic mass is 19.4. The lowest BCUT2D eigenvalue weighted by Gasteiger charge is -2.16. The Morgan fingerprint density at radius 2 is 2.00 bits per heavy atom. The van der Waals surface area contributed by atoms with E-state index in [0.717, 1.165) is 18.9 Å². The average molecular weight is 290 g/mol. The summed E-state index contributed by atoms with van der Waals surface area (Å²) < 4.78 is 50.9. The molecular formula is C13H14F4N2O. The number of carbonyl (C=O) groups is 1. The molecule has 1 aromatic carbocycles. The van der Waals surface area contributed by atoms with Crippen molar-refractivity contribution in [3.8, 4) is 0 Å². The lowest BCUT2D eigenvalue weighted by atomic mass is 10.1. The summed E-state index contributed by atoms with van der Waals surface area (Å²) in [6.07, 6.45) is -2.83. The fourth-order valence-corrected chi connectivity index (χ4v) is 2.00. The van der Waals surface area contributed by atoms with Gasteiger partial charge >= 0.3 is 6.18 Å². The maximum Gasteiger partial charge on any atom is 0.416 e. The first-order valence-corrected chi connectivity index (χ1v) is 6.20. The Balaban J connectivity index is 2.18. The maximum atomic E-state index is 13.2. The monoisotopic (exact) mass is 290 g/mol. The molecule has 1 aliphatic carbocycles. The van der Waals surface area contributed by atoms with Crippen LogP contribution in [0.25, 0.3) is 0 Å². The van der Waals surface area contributed by atoms with E-state index >= 15 is 0 Å². The third-order valence-electron chi connectivity index (χ3n) is 3.25. The van der Waals surface area contributed by atoms with Crippen LogP contribution in [0, 0.1) is 11.7 Å². The van der Waals surface area contributed by atoms with E-state index in [9.17, 15) is 22.4 Å². The molecule has 3 N–H and O–H groups in total. The summed E-state index contributed by atoms with van der Waals surface area (Å²) in [5.74, 6) is -1.57. The third kappa shape index (κ3) is 3.47. The van der Waals surface area contributed by atoms with Gasteiger partial charge in [-0.15, -0.1) is 0 Å². The minimum atomic E-state index is -4.69. The van der Waals surface area contributed by atoms with Gasteiger partial charge in [0.2, 0.25) is 0 Å². The maximum absolute atomic E-state index is 13.2. The van der Waals surface area contributed by atoms with Crippen LogP contribution in [0.15, 0.2) is 18.2 Å². The zero-order chi connectivity index (χ0) is 14.9. The number of nitrogens with one attached hydrogen (secondary N) is 1. The zero-order valence-electron chi connectivity index (χ0n) is 10.5. The van der Waals surface area contributed by atoms with E-state index in [1.807, 2.05) is 0 Å². The number of rotatable bonds is 4. The molecule has 110 valence electrons. The smallest absolute Gasteiger partial charge is 0.348 e. The summed E-state index contributed by atoms with van der Waals surface area (Å²) in [6.45, 7) is 0.206. The van der Waals surface area contributed by atoms with Crippen molar-refractivity contribution in [2.24, 2.45) is 11.7 Å². The zero-order valence-corrected chi connectivity index (χ0v) is 10.5. The van der Waals surface area contributed by atoms with Gasteiger partial charge in [0.05, 0.1) is 5.56 Å². The van der Waals surface area contributed by atoms with Crippen molar-refractivity contribution < 1.29 is 22.4 Å². The number of amides is 1. The second-order valence-corrected chi connectivity index (χ2v) is 4.88. The molecule has 1 aliphatic rings. The minimum Gasteiger partial charge on any atom is -0.348 e. The molecule has 0 aliphatic heterocycles. The van der Waals surface area contributed by atoms with E-state index in [-0.39, 0.29) is 24.1 Å². The molecule has 1 aromatic rings. The third-order valence-corrected chi connectivity index (χ3v) is 3.25. The molecule has 20 heavy (non-hydrogen) atoms. The van der Waals surface area contributed by atoms with Crippen molar-refractivity contribution >= 4 is 5.91 Å². The first kappa shape index (κ1) is 14.8. The van der Waals surface area contributed by atoms with Gasteiger partial charge in [0.25, 0.3) is 5.91 Å². The fraction of sp³-hybridized carbons (Fsp3) is 0.462. The van der Waals surface area contributed by atoms with Crippen molar-refractivity contribution in [1.82, 2.24) is 5.32 Å². The van der Waals surface area contributed by atoms with E-state index < -0.39 is 23.5 Å². The van der Waals surface area contributed by atoms with Crippen molar-refractivity contribution in [2.45, 2.75) is 25.1 Å². The number of alkyl halides is 3. The number of benzene rings is 1. The van der Waals surface area contributed by atoms with E-state index in [1.54, 1.807) is 0 Å². The molecule has 1 fully saturated rings. The first-order chi connectivity index (χ1) is 9.31. The number of carbonyl (C=O) groups excluding carboxylic acids is 1. The second-order valence-electron chi connectivity index (χ2n) is 4.88. The average Bonchev–Trinajstić information content (AvgIpc) is 3.18. The highest BCUT2D eigenvalue weighted by Gasteiger charge is 2.34. The summed E-state index contributed by atoms with van der Waals surface area (Å²) in [7, 11) is 0. The van der Waals surface area contributed by atoms with Gasteiger partial charge < -0.3 is 11.1 Å². The van der Waals surface area contributed by atoms with Gasteiger partial charge in [-0.3, -0.25) is 4.79 Å². The molecule has 1 unspecified atom stereocenters. The Morgan fingerprint density at radius 1 is 1.35 bits per heavy atom. The van der Waals surface area contributed by atoms with E-state index in [4.69, 9.17) is 5.73 Å². The Hall–Kier alpha value is -1.63. The molecule has 1 amide bonds. The van der Waals surface area contributed by atoms with Crippen LogP contribution < -0.4 is 11.1 Å². The molecule has 1 atom stereocenters. The normalized spacial score (nSPS) is 16.9. The van der Waals surface area contributed by atoms with Crippen molar-refractivity contribution in [1.29, 1.82) is 0 Å². The molecule has 1 saturated carbocycles. The molecule has 3 nitrogen and oxygen atoms in total. The van der Waals surface area contributed by atoms with Crippen LogP contribution >= 0.6 is 0 Å². The predicted octanol–water partition coefficient (Wildman–Crippen LogP) is 2.31. The van der Waals surface area contributed by atoms with Gasteiger partial charge in [0, 0.05) is 18.2 Å². The van der Waals surface area contributed by atoms with Crippen LogP contribution in [0.1, 0.15) is 28.8 Å². The summed E-state index contributed by atoms with van der Waals surface area (Å²) in [5, 5.41) is 2.55. The molecule has 0 saturated heterocycles. The number of hydrogen-bond acceptors (Lipinski definition) is 2. The van der Waals surface area contributed by atoms with Crippen molar-refractivity contribution in [3.63, 3.8) is 0 Å². The van der Waals surface area contributed by atoms with Crippen molar-refractivity contribution in [2.75, 3.05) is 6.54 Å². The lowest BCUT2D eigenvalue weighted by molar-refractivity contribution is -0.137. The Morgan fingerprint density at radius 3 is 2.50 bits per heavy atom. The molecule has 7 heteroatoms. The SMILES string of the molecule is NCC(NC(=O)c1cc(F)cc(C(F)(F)F)c1)C1CC1. The Labute approximate surface area is 113 Å². The molecule has 2 rings (SSSR count). The lowest BCUT2D eigenvalue weighted by Crippen LogP contribution is -2.41. The Kier molecular flexibility index (Phi) is 3.99. The quantitative estimate of drug-likeness (QED) is 0.836. The highest BCUT2D eigenvalue weighted by molar-refractivity contribution is 5.94. The van der Waals surface area contributed by atoms with E-state index in [1.165, 1.54) is 0 Å². The highest BCUT2D eigenvalue weighted by Crippen LogP contribution is 2.33. The van der Waals surface area contributed by atoms with Crippen LogP contribution in [-0.2, 0) is 6.18 Å². The van der Waals surface area contributed by atoms with Gasteiger partial charge in [0.1, 0.15) is 5.82 Å². The van der Waals surface area contributed by atoms with Crippen LogP contribution in [0.5, 0.6) is 0 Å². The fourth-order valence-electron chi connectivity index (χ4n) is 2.00. The number of nitrogens with two attached hydrogens (primary N) is 1. The second kappa shape index (κ2) is 5.40. The van der Waals surface area contributed by atoms with Gasteiger partial charge in [-0.25, -0.2) is 4.39 Å². The largest absolute Gasteiger partial charge is 0.416 e. The van der Waals surface area contributed by atoms with Crippen molar-refractivity contribution in [3.05, 3.63) is 35.1 Å². The van der Waals surface area contributed by atoms with Crippen LogP contribution in [0.2, 0.25) is 0 Å². The van der Waals surface area contributed by atoms with Gasteiger partial charge in [0.15, 0.2) is 0 Å². The predicted molar refractivity (Wildman–Crippen MR) is 64.4 cm³/mol. The molecule has 0 heterocycles. The summed E-state index contributed by atoms with van der Waals surface area (Å²) >= 11 is 0. The first-order valence-electron chi connectivity index (χ1n) is 6.20. The standard InChI is InChI=1S/C13H14F4N2O/c14-10-4-8(3-9(5-10)13(15,16)17)12(20)19-11(6-18)7-1-2-7/h3-5,7,11H,1-2,6,18H2,(H,19,20). The van der Waals surface area contributed by atoms with Gasteiger partial charge in [-0.2, -0.15) is 13.2 Å². The van der Waals surface area contributed by atoms with Gasteiger partial charge in [-0.05, 0) is 37.0 Å². The molecule has 0 spiro atoms. The summed E-state index contributed by atoms with van der Waals surface area (Å²) in [5.41, 5.74) is 3.97. The summed E-state index contributed by atoms with van der Waals surface area (Å²) in [6, 6.07) is 1.50. The topological polar surface area (TPSA) is 55.1 Å². The minimum absolute atomic E-state index is 0.206. The van der Waals surface area contributed by atoms with Crippen LogP contribution in [-0.4, -0.2) is 18.5 Å². The number of halogens is 4. The molecule has 0 aromatic heterocycles. The number of hydrogen-bond donors (Lipinski definition) is 2. The van der Waals surface area contributed by atoms with Crippen LogP contribution in [0.3, 0.4) is 0 Å². The van der Waals surface area contributed by atoms with E-state index in [0.29, 0.717) is 12.1 Å². The van der Waals surface area contributed by atoms with Crippen LogP contribution in [0.4, 0.5) is 17.6 Å². The Bertz CT molecular complexity index is 512. The van der Waals surface area contributed by atoms with E-state index in [2.05, 4.69) is 5.32 Å². The molecular weight excluding hydrogens is 276 g/mol. The van der Waals surface area contributed by atoms with Gasteiger partial charge in [-0.1, -0.05) is 0 Å².